The Kier molecular flexibility index (Phi) is 9.01. The van der Waals surface area contributed by atoms with Crippen LogP contribution in [0.5, 0.6) is 0 Å². The van der Waals surface area contributed by atoms with Crippen LogP contribution in [0.2, 0.25) is 0 Å². The molecule has 0 bridgehead atoms. The quantitative estimate of drug-likeness (QED) is 0.205. The molecule has 2 aromatic rings. The number of hydrogen-bond donors (Lipinski definition) is 2. The molecule has 0 amide bonds. The van der Waals surface area contributed by atoms with Crippen molar-refractivity contribution in [2.45, 2.75) is 71.4 Å². The van der Waals surface area contributed by atoms with Crippen molar-refractivity contribution in [1.29, 1.82) is 0 Å². The first-order valence-corrected chi connectivity index (χ1v) is 16.5. The van der Waals surface area contributed by atoms with Crippen molar-refractivity contribution in [2.24, 2.45) is 46.3 Å². The molecule has 0 radical (unpaired) electrons. The molecule has 2 N–H and O–H groups in total. The van der Waals surface area contributed by atoms with Gasteiger partial charge in [0.25, 0.3) is 0 Å². The fourth-order valence-electron chi connectivity index (χ4n) is 9.07. The van der Waals surface area contributed by atoms with E-state index in [0.29, 0.717) is 36.6 Å². The second-order valence-corrected chi connectivity index (χ2v) is 14.1. The minimum Gasteiger partial charge on any atom is -0.481 e. The van der Waals surface area contributed by atoms with E-state index in [1.165, 1.54) is 0 Å². The van der Waals surface area contributed by atoms with Gasteiger partial charge in [0.05, 0.1) is 18.1 Å². The first-order valence-electron chi connectivity index (χ1n) is 16.5. The molecular formula is C41H46O4. The number of fused-ring (bicyclic) bond motifs is 5. The SMILES string of the molecule is C=C(C#CC1C(C#CC(=C)OCc2ccccc2)[C@H]2[C@@H]3C=CC4CCC(O)C[C@]4(C)[C@@H]3CC[C@]2(C)C1O)OCc1ccccc1. The van der Waals surface area contributed by atoms with E-state index < -0.39 is 6.10 Å². The lowest BCUT2D eigenvalue weighted by atomic mass is 9.46. The minimum atomic E-state index is -0.647. The number of allylic oxidation sites excluding steroid dienone is 4. The predicted octanol–water partition coefficient (Wildman–Crippen LogP) is 7.45. The summed E-state index contributed by atoms with van der Waals surface area (Å²) in [5.74, 6) is 14.8. The monoisotopic (exact) mass is 602 g/mol. The van der Waals surface area contributed by atoms with Crippen LogP contribution in [0, 0.1) is 70.0 Å². The summed E-state index contributed by atoms with van der Waals surface area (Å²) in [6, 6.07) is 20.0. The van der Waals surface area contributed by atoms with Crippen LogP contribution >= 0.6 is 0 Å². The normalized spacial score (nSPS) is 36.1. The maximum Gasteiger partial charge on any atom is 0.163 e. The smallest absolute Gasteiger partial charge is 0.163 e. The fourth-order valence-corrected chi connectivity index (χ4v) is 9.07. The number of aliphatic hydroxyl groups is 2. The van der Waals surface area contributed by atoms with E-state index in [2.05, 4.69) is 62.8 Å². The van der Waals surface area contributed by atoms with Gasteiger partial charge in [-0.15, -0.1) is 0 Å². The number of ether oxygens (including phenoxy) is 2. The molecule has 0 aliphatic heterocycles. The predicted molar refractivity (Wildman–Crippen MR) is 178 cm³/mol. The minimum absolute atomic E-state index is 0.0348. The van der Waals surface area contributed by atoms with Gasteiger partial charge in [-0.1, -0.05) is 98.5 Å². The molecule has 0 saturated heterocycles. The first kappa shape index (κ1) is 31.3. The van der Waals surface area contributed by atoms with Crippen LogP contribution in [0.3, 0.4) is 0 Å². The highest BCUT2D eigenvalue weighted by Crippen LogP contribution is 2.66. The Morgan fingerprint density at radius 3 is 1.96 bits per heavy atom. The average Bonchev–Trinajstić information content (AvgIpc) is 3.26. The lowest BCUT2D eigenvalue weighted by Gasteiger charge is -2.58. The van der Waals surface area contributed by atoms with Crippen LogP contribution in [-0.2, 0) is 22.7 Å². The standard InChI is InChI=1S/C41H46O4/c1-28(44-26-30-11-7-5-8-12-30)15-20-34-35(21-16-29(2)45-27-31-13-9-6-10-14-31)39(43)40(3)24-23-37-36(38(34)40)22-18-32-17-19-33(42)25-41(32,37)4/h5-14,18,22,32-39,42-43H,1-2,17,19,23-27H2,3-4H3/t32?,33?,34?,35?,36-,37-,38+,39?,40+,41+/m1/s1. The Morgan fingerprint density at radius 2 is 1.36 bits per heavy atom. The van der Waals surface area contributed by atoms with Crippen LogP contribution in [0.4, 0.5) is 0 Å². The van der Waals surface area contributed by atoms with E-state index in [-0.39, 0.29) is 40.6 Å². The highest BCUT2D eigenvalue weighted by atomic mass is 16.5. The highest BCUT2D eigenvalue weighted by Gasteiger charge is 2.64. The van der Waals surface area contributed by atoms with Crippen LogP contribution in [0.15, 0.2) is 97.5 Å². The summed E-state index contributed by atoms with van der Waals surface area (Å²) in [4.78, 5) is 0. The number of benzene rings is 2. The molecule has 45 heavy (non-hydrogen) atoms. The van der Waals surface area contributed by atoms with Gasteiger partial charge < -0.3 is 19.7 Å². The van der Waals surface area contributed by atoms with Crippen molar-refractivity contribution in [3.63, 3.8) is 0 Å². The van der Waals surface area contributed by atoms with Crippen LogP contribution in [0.25, 0.3) is 0 Å². The van der Waals surface area contributed by atoms with Crippen molar-refractivity contribution in [2.75, 3.05) is 0 Å². The molecule has 3 saturated carbocycles. The number of hydrogen-bond acceptors (Lipinski definition) is 4. The van der Waals surface area contributed by atoms with Crippen molar-refractivity contribution < 1.29 is 19.7 Å². The van der Waals surface area contributed by atoms with E-state index >= 15 is 0 Å². The lowest BCUT2D eigenvalue weighted by Crippen LogP contribution is -2.53. The second-order valence-electron chi connectivity index (χ2n) is 14.1. The topological polar surface area (TPSA) is 58.9 Å². The third-order valence-electron chi connectivity index (χ3n) is 11.4. The molecule has 6 rings (SSSR count). The molecular weight excluding hydrogens is 556 g/mol. The Bertz CT molecular complexity index is 1540. The highest BCUT2D eigenvalue weighted by molar-refractivity contribution is 5.34. The molecule has 4 nitrogen and oxygen atoms in total. The molecule has 4 heteroatoms. The summed E-state index contributed by atoms with van der Waals surface area (Å²) in [7, 11) is 0. The molecule has 5 unspecified atom stereocenters. The fraction of sp³-hybridized carbons (Fsp3) is 0.463. The van der Waals surface area contributed by atoms with Crippen molar-refractivity contribution >= 4 is 0 Å². The molecule has 2 aromatic carbocycles. The third-order valence-corrected chi connectivity index (χ3v) is 11.4. The molecule has 0 spiro atoms. The number of rotatable bonds is 6. The third kappa shape index (κ3) is 6.24. The van der Waals surface area contributed by atoms with Gasteiger partial charge in [0.1, 0.15) is 13.2 Å². The van der Waals surface area contributed by atoms with Crippen LogP contribution in [-0.4, -0.2) is 22.4 Å². The Hall–Kier alpha value is -3.70. The zero-order chi connectivity index (χ0) is 31.6. The second kappa shape index (κ2) is 13.0. The van der Waals surface area contributed by atoms with Gasteiger partial charge in [0, 0.05) is 5.92 Å². The summed E-state index contributed by atoms with van der Waals surface area (Å²) in [5.41, 5.74) is 1.79. The molecule has 0 heterocycles. The van der Waals surface area contributed by atoms with Gasteiger partial charge in [-0.25, -0.2) is 0 Å². The Morgan fingerprint density at radius 1 is 0.778 bits per heavy atom. The van der Waals surface area contributed by atoms with Crippen LogP contribution < -0.4 is 0 Å². The van der Waals surface area contributed by atoms with E-state index in [4.69, 9.17) is 9.47 Å². The molecule has 0 aromatic heterocycles. The molecule has 4 aliphatic rings. The van der Waals surface area contributed by atoms with E-state index in [1.54, 1.807) is 0 Å². The average molecular weight is 603 g/mol. The maximum atomic E-state index is 12.0. The summed E-state index contributed by atoms with van der Waals surface area (Å²) >= 11 is 0. The van der Waals surface area contributed by atoms with Gasteiger partial charge >= 0.3 is 0 Å². The molecule has 3 fully saturated rings. The van der Waals surface area contributed by atoms with E-state index in [1.807, 2.05) is 60.7 Å². The summed E-state index contributed by atoms with van der Waals surface area (Å²) in [6.07, 6.45) is 8.61. The van der Waals surface area contributed by atoms with Crippen molar-refractivity contribution in [3.05, 3.63) is 109 Å². The maximum absolute atomic E-state index is 12.0. The summed E-state index contributed by atoms with van der Waals surface area (Å²) in [5, 5.41) is 22.8. The zero-order valence-corrected chi connectivity index (χ0v) is 26.6. The van der Waals surface area contributed by atoms with Gasteiger partial charge in [0.15, 0.2) is 11.5 Å². The molecule has 4 aliphatic carbocycles. The van der Waals surface area contributed by atoms with Crippen molar-refractivity contribution in [3.8, 4) is 23.7 Å². The van der Waals surface area contributed by atoms with Crippen molar-refractivity contribution in [1.82, 2.24) is 0 Å². The van der Waals surface area contributed by atoms with Gasteiger partial charge in [-0.05, 0) is 103 Å². The van der Waals surface area contributed by atoms with E-state index in [9.17, 15) is 10.2 Å². The summed E-state index contributed by atoms with van der Waals surface area (Å²) < 4.78 is 11.8. The van der Waals surface area contributed by atoms with E-state index in [0.717, 1.165) is 43.2 Å². The molecule has 10 atom stereocenters. The largest absolute Gasteiger partial charge is 0.481 e. The molecule has 234 valence electrons. The first-order chi connectivity index (χ1) is 21.7. The zero-order valence-electron chi connectivity index (χ0n) is 26.6. The van der Waals surface area contributed by atoms with Crippen LogP contribution in [0.1, 0.15) is 57.1 Å². The van der Waals surface area contributed by atoms with Gasteiger partial charge in [-0.3, -0.25) is 0 Å². The lowest BCUT2D eigenvalue weighted by molar-refractivity contribution is -0.0981. The van der Waals surface area contributed by atoms with Gasteiger partial charge in [-0.2, -0.15) is 0 Å². The number of aliphatic hydroxyl groups excluding tert-OH is 2. The summed E-state index contributed by atoms with van der Waals surface area (Å²) in [6.45, 7) is 13.6. The Balaban J connectivity index is 1.29. The van der Waals surface area contributed by atoms with Gasteiger partial charge in [0.2, 0.25) is 0 Å². The Labute approximate surface area is 269 Å².